The molecule has 0 aliphatic carbocycles. The monoisotopic (exact) mass is 497 g/mol. The highest BCUT2D eigenvalue weighted by Gasteiger charge is 2.32. The van der Waals surface area contributed by atoms with Crippen molar-refractivity contribution >= 4 is 39.2 Å². The molecule has 0 spiro atoms. The first-order chi connectivity index (χ1) is 17.4. The standard InChI is InChI=1S/C28H27N5O2S/c1-19-5-3-4-6-23(19)18-33-25(15-22-11-14-36-27(22)33)26(34)31-12-13-32(20(2)17-31)28(35)30-24-9-7-21(16-29)8-10-24/h3-11,14-15,20H,12-13,17-18H2,1-2H3,(H,30,35). The summed E-state index contributed by atoms with van der Waals surface area (Å²) < 4.78 is 2.12. The summed E-state index contributed by atoms with van der Waals surface area (Å²) in [6.45, 7) is 6.07. The summed E-state index contributed by atoms with van der Waals surface area (Å²) in [6, 6.07) is 20.8. The van der Waals surface area contributed by atoms with Crippen LogP contribution in [0.3, 0.4) is 0 Å². The zero-order valence-corrected chi connectivity index (χ0v) is 21.1. The van der Waals surface area contributed by atoms with Gasteiger partial charge in [0, 0.05) is 43.3 Å². The molecular weight excluding hydrogens is 470 g/mol. The molecule has 1 atom stereocenters. The SMILES string of the molecule is Cc1ccccc1Cn1c(C(=O)N2CCN(C(=O)Nc3ccc(C#N)cc3)C(C)C2)cc2ccsc21. The van der Waals surface area contributed by atoms with Gasteiger partial charge in [0.05, 0.1) is 11.6 Å². The highest BCUT2D eigenvalue weighted by atomic mass is 32.1. The number of aromatic nitrogens is 1. The van der Waals surface area contributed by atoms with Crippen LogP contribution in [0.4, 0.5) is 10.5 Å². The summed E-state index contributed by atoms with van der Waals surface area (Å²) in [4.78, 5) is 31.3. The second-order valence-corrected chi connectivity index (χ2v) is 10.0. The maximum Gasteiger partial charge on any atom is 0.322 e. The third-order valence-electron chi connectivity index (χ3n) is 6.75. The van der Waals surface area contributed by atoms with Crippen LogP contribution in [0.5, 0.6) is 0 Å². The van der Waals surface area contributed by atoms with Gasteiger partial charge in [-0.1, -0.05) is 24.3 Å². The van der Waals surface area contributed by atoms with Crippen LogP contribution in [0.25, 0.3) is 10.2 Å². The van der Waals surface area contributed by atoms with Gasteiger partial charge in [-0.2, -0.15) is 5.26 Å². The van der Waals surface area contributed by atoms with E-state index < -0.39 is 0 Å². The van der Waals surface area contributed by atoms with Crippen molar-refractivity contribution < 1.29 is 9.59 Å². The zero-order valence-electron chi connectivity index (χ0n) is 20.3. The topological polar surface area (TPSA) is 81.4 Å². The smallest absolute Gasteiger partial charge is 0.322 e. The Hall–Kier alpha value is -4.09. The second-order valence-electron chi connectivity index (χ2n) is 9.14. The number of nitrogens with zero attached hydrogens (tertiary/aromatic N) is 4. The van der Waals surface area contributed by atoms with Crippen LogP contribution >= 0.6 is 11.3 Å². The summed E-state index contributed by atoms with van der Waals surface area (Å²) in [5.41, 5.74) is 4.25. The number of carbonyl (C=O) groups excluding carboxylic acids is 2. The maximum absolute atomic E-state index is 13.7. The fraction of sp³-hybridized carbons (Fsp3) is 0.250. The van der Waals surface area contributed by atoms with Crippen LogP contribution < -0.4 is 5.32 Å². The number of hydrogen-bond acceptors (Lipinski definition) is 4. The van der Waals surface area contributed by atoms with E-state index in [4.69, 9.17) is 5.26 Å². The first-order valence-electron chi connectivity index (χ1n) is 11.9. The van der Waals surface area contributed by atoms with Crippen LogP contribution in [0.2, 0.25) is 0 Å². The molecule has 2 aromatic heterocycles. The van der Waals surface area contributed by atoms with Gasteiger partial charge in [0.25, 0.3) is 5.91 Å². The molecule has 2 aromatic carbocycles. The van der Waals surface area contributed by atoms with Crippen LogP contribution in [-0.2, 0) is 6.54 Å². The molecule has 0 bridgehead atoms. The Kier molecular flexibility index (Phi) is 6.49. The fourth-order valence-electron chi connectivity index (χ4n) is 4.70. The molecule has 0 saturated carbocycles. The van der Waals surface area contributed by atoms with E-state index in [2.05, 4.69) is 46.5 Å². The molecular formula is C28H27N5O2S. The van der Waals surface area contributed by atoms with Gasteiger partial charge in [-0.3, -0.25) is 4.79 Å². The number of hydrogen-bond donors (Lipinski definition) is 1. The number of urea groups is 1. The summed E-state index contributed by atoms with van der Waals surface area (Å²) in [7, 11) is 0. The zero-order chi connectivity index (χ0) is 25.2. The van der Waals surface area contributed by atoms with Crippen molar-refractivity contribution in [3.8, 4) is 6.07 Å². The average molecular weight is 498 g/mol. The van der Waals surface area contributed by atoms with E-state index in [-0.39, 0.29) is 18.0 Å². The average Bonchev–Trinajstić information content (AvgIpc) is 3.48. The van der Waals surface area contributed by atoms with Crippen LogP contribution in [-0.4, -0.2) is 52.0 Å². The van der Waals surface area contributed by atoms with E-state index in [1.54, 1.807) is 40.5 Å². The van der Waals surface area contributed by atoms with Gasteiger partial charge in [-0.05, 0) is 66.8 Å². The number of piperazine rings is 1. The van der Waals surface area contributed by atoms with Crippen LogP contribution in [0.1, 0.15) is 34.1 Å². The number of nitrogens with one attached hydrogen (secondary N) is 1. The lowest BCUT2D eigenvalue weighted by molar-refractivity contribution is 0.0583. The molecule has 3 heterocycles. The van der Waals surface area contributed by atoms with E-state index in [9.17, 15) is 9.59 Å². The maximum atomic E-state index is 13.7. The molecule has 8 heteroatoms. The van der Waals surface area contributed by atoms with Gasteiger partial charge >= 0.3 is 6.03 Å². The Balaban J connectivity index is 1.31. The molecule has 36 heavy (non-hydrogen) atoms. The second kappa shape index (κ2) is 9.88. The van der Waals surface area contributed by atoms with Crippen LogP contribution in [0, 0.1) is 18.3 Å². The van der Waals surface area contributed by atoms with Gasteiger partial charge in [0.15, 0.2) is 0 Å². The van der Waals surface area contributed by atoms with Gasteiger partial charge in [0.1, 0.15) is 10.5 Å². The van der Waals surface area contributed by atoms with Crippen LogP contribution in [0.15, 0.2) is 66.0 Å². The Morgan fingerprint density at radius 2 is 1.89 bits per heavy atom. The molecule has 1 fully saturated rings. The van der Waals surface area contributed by atoms with E-state index in [0.29, 0.717) is 43.1 Å². The molecule has 1 saturated heterocycles. The molecule has 5 rings (SSSR count). The van der Waals surface area contributed by atoms with Gasteiger partial charge in [0.2, 0.25) is 0 Å². The van der Waals surface area contributed by atoms with Crippen molar-refractivity contribution in [3.63, 3.8) is 0 Å². The molecule has 3 amide bonds. The van der Waals surface area contributed by atoms with Crippen molar-refractivity contribution in [3.05, 3.63) is 88.4 Å². The molecule has 1 N–H and O–H groups in total. The first-order valence-corrected chi connectivity index (χ1v) is 12.8. The summed E-state index contributed by atoms with van der Waals surface area (Å²) >= 11 is 1.65. The number of carbonyl (C=O) groups is 2. The molecule has 1 aliphatic heterocycles. The molecule has 7 nitrogen and oxygen atoms in total. The van der Waals surface area contributed by atoms with Gasteiger partial charge < -0.3 is 19.7 Å². The molecule has 1 aliphatic rings. The predicted molar refractivity (Wildman–Crippen MR) is 142 cm³/mol. The minimum absolute atomic E-state index is 0.00835. The fourth-order valence-corrected chi connectivity index (χ4v) is 5.59. The number of nitriles is 1. The third-order valence-corrected chi connectivity index (χ3v) is 7.70. The van der Waals surface area contributed by atoms with Crippen molar-refractivity contribution in [2.24, 2.45) is 0 Å². The van der Waals surface area contributed by atoms with Gasteiger partial charge in [-0.25, -0.2) is 4.79 Å². The van der Waals surface area contributed by atoms with E-state index in [1.165, 1.54) is 11.1 Å². The molecule has 1 unspecified atom stereocenters. The minimum atomic E-state index is -0.206. The van der Waals surface area contributed by atoms with Crippen molar-refractivity contribution in [2.75, 3.05) is 25.0 Å². The molecule has 0 radical (unpaired) electrons. The Bertz CT molecular complexity index is 1460. The van der Waals surface area contributed by atoms with Crippen molar-refractivity contribution in [2.45, 2.75) is 26.4 Å². The number of thiophene rings is 1. The summed E-state index contributed by atoms with van der Waals surface area (Å²) in [5, 5.41) is 15.0. The lowest BCUT2D eigenvalue weighted by Gasteiger charge is -2.39. The normalized spacial score (nSPS) is 15.6. The Morgan fingerprint density at radius 1 is 1.11 bits per heavy atom. The van der Waals surface area contributed by atoms with E-state index in [1.807, 2.05) is 30.0 Å². The predicted octanol–water partition coefficient (Wildman–Crippen LogP) is 5.31. The number of aryl methyl sites for hydroxylation is 1. The number of fused-ring (bicyclic) bond motifs is 1. The minimum Gasteiger partial charge on any atom is -0.334 e. The molecule has 4 aromatic rings. The highest BCUT2D eigenvalue weighted by Crippen LogP contribution is 2.28. The third kappa shape index (κ3) is 4.58. The van der Waals surface area contributed by atoms with Crippen molar-refractivity contribution in [1.82, 2.24) is 14.4 Å². The van der Waals surface area contributed by atoms with Crippen molar-refractivity contribution in [1.29, 1.82) is 5.26 Å². The Morgan fingerprint density at radius 3 is 2.61 bits per heavy atom. The summed E-state index contributed by atoms with van der Waals surface area (Å²) in [5.74, 6) is -0.00835. The summed E-state index contributed by atoms with van der Waals surface area (Å²) in [6.07, 6.45) is 0. The highest BCUT2D eigenvalue weighted by molar-refractivity contribution is 7.16. The number of anilines is 1. The first kappa shape index (κ1) is 23.6. The van der Waals surface area contributed by atoms with E-state index in [0.717, 1.165) is 10.2 Å². The van der Waals surface area contributed by atoms with E-state index >= 15 is 0 Å². The number of amides is 3. The molecule has 182 valence electrons. The lowest BCUT2D eigenvalue weighted by atomic mass is 10.1. The Labute approximate surface area is 214 Å². The lowest BCUT2D eigenvalue weighted by Crippen LogP contribution is -2.56. The number of rotatable bonds is 4. The van der Waals surface area contributed by atoms with Gasteiger partial charge in [-0.15, -0.1) is 11.3 Å². The largest absolute Gasteiger partial charge is 0.334 e. The number of benzene rings is 2. The quantitative estimate of drug-likeness (QED) is 0.415.